The zero-order valence-corrected chi connectivity index (χ0v) is 14.6. The highest BCUT2D eigenvalue weighted by atomic mass is 16.5. The highest BCUT2D eigenvalue weighted by Gasteiger charge is 2.28. The summed E-state index contributed by atoms with van der Waals surface area (Å²) in [6.07, 6.45) is 5.06. The third kappa shape index (κ3) is 4.71. The van der Waals surface area contributed by atoms with Gasteiger partial charge >= 0.3 is 0 Å². The van der Waals surface area contributed by atoms with E-state index in [1.165, 1.54) is 32.2 Å². The summed E-state index contributed by atoms with van der Waals surface area (Å²) in [4.78, 5) is 14.5. The number of rotatable bonds is 6. The van der Waals surface area contributed by atoms with Crippen LogP contribution in [0.5, 0.6) is 5.75 Å². The smallest absolute Gasteiger partial charge is 0.234 e. The van der Waals surface area contributed by atoms with E-state index in [4.69, 9.17) is 4.74 Å². The summed E-state index contributed by atoms with van der Waals surface area (Å²) in [5.74, 6) is 1.73. The molecule has 0 bridgehead atoms. The van der Waals surface area contributed by atoms with E-state index in [2.05, 4.69) is 15.5 Å². The average Bonchev–Trinajstić information content (AvgIpc) is 3.15. The Labute approximate surface area is 144 Å². The second-order valence-corrected chi connectivity index (χ2v) is 6.94. The number of likely N-dealkylation sites (tertiary alicyclic amines) is 1. The van der Waals surface area contributed by atoms with Crippen molar-refractivity contribution in [1.29, 1.82) is 0 Å². The van der Waals surface area contributed by atoms with Crippen molar-refractivity contribution in [3.8, 4) is 5.75 Å². The van der Waals surface area contributed by atoms with Crippen LogP contribution in [0.1, 0.15) is 31.2 Å². The Hall–Kier alpha value is -1.59. The van der Waals surface area contributed by atoms with Crippen LogP contribution in [0, 0.1) is 5.92 Å². The lowest BCUT2D eigenvalue weighted by atomic mass is 9.88. The van der Waals surface area contributed by atoms with Crippen LogP contribution in [0.3, 0.4) is 0 Å². The molecule has 0 aliphatic carbocycles. The number of ether oxygens (including phenoxy) is 1. The van der Waals surface area contributed by atoms with Crippen molar-refractivity contribution in [2.45, 2.75) is 38.3 Å². The van der Waals surface area contributed by atoms with Crippen molar-refractivity contribution < 1.29 is 9.53 Å². The summed E-state index contributed by atoms with van der Waals surface area (Å²) in [5, 5.41) is 6.64. The Kier molecular flexibility index (Phi) is 6.10. The summed E-state index contributed by atoms with van der Waals surface area (Å²) in [5.41, 5.74) is 1.06. The quantitative estimate of drug-likeness (QED) is 0.834. The van der Waals surface area contributed by atoms with Gasteiger partial charge in [-0.05, 0) is 68.9 Å². The molecule has 2 heterocycles. The molecule has 3 rings (SSSR count). The molecule has 1 unspecified atom stereocenters. The molecule has 24 heavy (non-hydrogen) atoms. The van der Waals surface area contributed by atoms with Crippen molar-refractivity contribution >= 4 is 5.91 Å². The minimum Gasteiger partial charge on any atom is -0.497 e. The maximum absolute atomic E-state index is 12.2. The summed E-state index contributed by atoms with van der Waals surface area (Å²) in [6.45, 7) is 4.32. The molecule has 1 aromatic carbocycles. The number of methoxy groups -OCH3 is 1. The first-order valence-corrected chi connectivity index (χ1v) is 9.10. The van der Waals surface area contributed by atoms with Gasteiger partial charge in [0.2, 0.25) is 5.91 Å². The van der Waals surface area contributed by atoms with Crippen LogP contribution >= 0.6 is 0 Å². The molecular weight excluding hydrogens is 302 g/mol. The molecule has 1 amide bonds. The molecular formula is C19H29N3O2. The fraction of sp³-hybridized carbons (Fsp3) is 0.632. The van der Waals surface area contributed by atoms with Crippen LogP contribution in [0.25, 0.3) is 0 Å². The molecule has 0 aromatic heterocycles. The first kappa shape index (κ1) is 17.2. The van der Waals surface area contributed by atoms with Crippen LogP contribution in [0.2, 0.25) is 0 Å². The van der Waals surface area contributed by atoms with Gasteiger partial charge in [0, 0.05) is 12.6 Å². The topological polar surface area (TPSA) is 53.6 Å². The molecule has 1 aromatic rings. The minimum absolute atomic E-state index is 0.107. The van der Waals surface area contributed by atoms with Crippen molar-refractivity contribution in [3.05, 3.63) is 29.8 Å². The number of carbonyl (C=O) groups is 1. The fourth-order valence-corrected chi connectivity index (χ4v) is 3.87. The van der Waals surface area contributed by atoms with Gasteiger partial charge in [-0.1, -0.05) is 12.1 Å². The van der Waals surface area contributed by atoms with Crippen LogP contribution in [-0.4, -0.2) is 50.1 Å². The van der Waals surface area contributed by atoms with Crippen molar-refractivity contribution in [2.75, 3.05) is 33.3 Å². The van der Waals surface area contributed by atoms with Crippen LogP contribution in [-0.2, 0) is 11.3 Å². The average molecular weight is 331 g/mol. The van der Waals surface area contributed by atoms with E-state index in [1.54, 1.807) is 7.11 Å². The predicted octanol–water partition coefficient (Wildman–Crippen LogP) is 1.78. The Morgan fingerprint density at radius 1 is 1.33 bits per heavy atom. The number of piperidine rings is 1. The summed E-state index contributed by atoms with van der Waals surface area (Å²) < 4.78 is 5.21. The van der Waals surface area contributed by atoms with E-state index in [0.29, 0.717) is 19.1 Å². The van der Waals surface area contributed by atoms with E-state index >= 15 is 0 Å². The highest BCUT2D eigenvalue weighted by Crippen LogP contribution is 2.25. The Bertz CT molecular complexity index is 535. The Morgan fingerprint density at radius 2 is 2.17 bits per heavy atom. The van der Waals surface area contributed by atoms with Crippen LogP contribution in [0.4, 0.5) is 0 Å². The monoisotopic (exact) mass is 331 g/mol. The number of nitrogens with one attached hydrogen (secondary N) is 2. The van der Waals surface area contributed by atoms with Crippen molar-refractivity contribution in [3.63, 3.8) is 0 Å². The van der Waals surface area contributed by atoms with Gasteiger partial charge in [-0.2, -0.15) is 0 Å². The van der Waals surface area contributed by atoms with E-state index in [-0.39, 0.29) is 5.91 Å². The van der Waals surface area contributed by atoms with Gasteiger partial charge < -0.3 is 15.4 Å². The van der Waals surface area contributed by atoms with Gasteiger partial charge in [0.25, 0.3) is 0 Å². The zero-order chi connectivity index (χ0) is 16.8. The second-order valence-electron chi connectivity index (χ2n) is 6.94. The Balaban J connectivity index is 1.37. The number of hydrogen-bond donors (Lipinski definition) is 2. The molecule has 2 fully saturated rings. The lowest BCUT2D eigenvalue weighted by Gasteiger charge is -2.34. The molecule has 2 aliphatic rings. The third-order valence-corrected chi connectivity index (χ3v) is 5.29. The minimum atomic E-state index is 0.107. The van der Waals surface area contributed by atoms with Crippen molar-refractivity contribution in [2.24, 2.45) is 5.92 Å². The fourth-order valence-electron chi connectivity index (χ4n) is 3.87. The molecule has 5 nitrogen and oxygen atoms in total. The van der Waals surface area contributed by atoms with Crippen LogP contribution in [0.15, 0.2) is 24.3 Å². The first-order chi connectivity index (χ1) is 11.7. The molecule has 132 valence electrons. The van der Waals surface area contributed by atoms with Gasteiger partial charge in [0.1, 0.15) is 5.75 Å². The maximum atomic E-state index is 12.2. The standard InChI is InChI=1S/C19H29N3O2/c1-24-17-5-2-4-15(12-17)13-21-19(23)14-22-10-7-16(8-11-22)18-6-3-9-20-18/h2,4-5,12,16,18,20H,3,6-11,13-14H2,1H3,(H,21,23). The predicted molar refractivity (Wildman–Crippen MR) is 95.0 cm³/mol. The van der Waals surface area contributed by atoms with Gasteiger partial charge in [-0.3, -0.25) is 9.69 Å². The SMILES string of the molecule is COc1cccc(CNC(=O)CN2CCC(C3CCCN3)CC2)c1. The maximum Gasteiger partial charge on any atom is 0.234 e. The normalized spacial score (nSPS) is 22.5. The molecule has 0 saturated carbocycles. The molecule has 2 N–H and O–H groups in total. The molecule has 5 heteroatoms. The summed E-state index contributed by atoms with van der Waals surface area (Å²) >= 11 is 0. The number of nitrogens with zero attached hydrogens (tertiary/aromatic N) is 1. The lowest BCUT2D eigenvalue weighted by Crippen LogP contribution is -2.44. The lowest BCUT2D eigenvalue weighted by molar-refractivity contribution is -0.122. The number of amides is 1. The molecule has 2 saturated heterocycles. The van der Waals surface area contributed by atoms with Gasteiger partial charge in [0.05, 0.1) is 13.7 Å². The third-order valence-electron chi connectivity index (χ3n) is 5.29. The first-order valence-electron chi connectivity index (χ1n) is 9.10. The van der Waals surface area contributed by atoms with E-state index in [0.717, 1.165) is 30.3 Å². The van der Waals surface area contributed by atoms with Gasteiger partial charge in [-0.15, -0.1) is 0 Å². The molecule has 2 aliphatic heterocycles. The summed E-state index contributed by atoms with van der Waals surface area (Å²) in [7, 11) is 1.66. The van der Waals surface area contributed by atoms with Crippen molar-refractivity contribution in [1.82, 2.24) is 15.5 Å². The van der Waals surface area contributed by atoms with E-state index in [9.17, 15) is 4.79 Å². The zero-order valence-electron chi connectivity index (χ0n) is 14.6. The molecule has 1 atom stereocenters. The van der Waals surface area contributed by atoms with Gasteiger partial charge in [-0.25, -0.2) is 0 Å². The summed E-state index contributed by atoms with van der Waals surface area (Å²) in [6, 6.07) is 8.54. The van der Waals surface area contributed by atoms with E-state index in [1.807, 2.05) is 24.3 Å². The highest BCUT2D eigenvalue weighted by molar-refractivity contribution is 5.78. The second kappa shape index (κ2) is 8.49. The number of benzene rings is 1. The van der Waals surface area contributed by atoms with Gasteiger partial charge in [0.15, 0.2) is 0 Å². The van der Waals surface area contributed by atoms with Crippen LogP contribution < -0.4 is 15.4 Å². The van der Waals surface area contributed by atoms with E-state index < -0.39 is 0 Å². The Morgan fingerprint density at radius 3 is 2.88 bits per heavy atom. The number of carbonyl (C=O) groups excluding carboxylic acids is 1. The largest absolute Gasteiger partial charge is 0.497 e. The molecule has 0 radical (unpaired) electrons. The molecule has 0 spiro atoms. The number of hydrogen-bond acceptors (Lipinski definition) is 4.